The van der Waals surface area contributed by atoms with E-state index in [0.717, 1.165) is 23.7 Å². The molecule has 0 bridgehead atoms. The summed E-state index contributed by atoms with van der Waals surface area (Å²) in [4.78, 5) is 33.5. The smallest absolute Gasteiger partial charge is 0.314 e. The zero-order valence-corrected chi connectivity index (χ0v) is 20.6. The van der Waals surface area contributed by atoms with Crippen LogP contribution in [0.15, 0.2) is 57.8 Å². The van der Waals surface area contributed by atoms with Crippen LogP contribution >= 0.6 is 15.9 Å². The van der Waals surface area contributed by atoms with Gasteiger partial charge < -0.3 is 10.2 Å². The highest BCUT2D eigenvalue weighted by molar-refractivity contribution is 9.10. The third-order valence-electron chi connectivity index (χ3n) is 5.53. The first kappa shape index (κ1) is 24.0. The largest absolute Gasteiger partial charge is 0.322 e. The summed E-state index contributed by atoms with van der Waals surface area (Å²) in [5.74, 6) is 0.649. The molecule has 0 saturated carbocycles. The normalized spacial score (nSPS) is 12.0. The van der Waals surface area contributed by atoms with Crippen LogP contribution in [0.25, 0.3) is 10.9 Å². The number of hydrogen-bond donors (Lipinski definition) is 1. The molecule has 1 aromatic heterocycles. The number of carbonyl (C=O) groups excluding carboxylic acids is 1. The van der Waals surface area contributed by atoms with Crippen molar-refractivity contribution in [2.75, 3.05) is 11.9 Å². The van der Waals surface area contributed by atoms with E-state index < -0.39 is 0 Å². The van der Waals surface area contributed by atoms with E-state index in [1.165, 1.54) is 0 Å². The number of halogens is 1. The van der Waals surface area contributed by atoms with Gasteiger partial charge in [-0.1, -0.05) is 51.5 Å². The van der Waals surface area contributed by atoms with Gasteiger partial charge >= 0.3 is 6.03 Å². The minimum atomic E-state index is -0.312. The van der Waals surface area contributed by atoms with E-state index in [-0.39, 0.29) is 17.6 Å². The van der Waals surface area contributed by atoms with E-state index in [9.17, 15) is 9.59 Å². The number of carbonyl (C=O) groups is 1. The van der Waals surface area contributed by atoms with Crippen LogP contribution in [-0.4, -0.2) is 27.0 Å². The molecule has 7 heteroatoms. The number of hydrogen-bond acceptors (Lipinski definition) is 3. The molecule has 3 rings (SSSR count). The Morgan fingerprint density at radius 1 is 1.09 bits per heavy atom. The molecule has 0 aliphatic carbocycles. The molecule has 2 amide bonds. The average Bonchev–Trinajstić information content (AvgIpc) is 2.80. The summed E-state index contributed by atoms with van der Waals surface area (Å²) in [6, 6.07) is 14.5. The lowest BCUT2D eigenvalue weighted by Gasteiger charge is -2.32. The third kappa shape index (κ3) is 5.21. The molecule has 6 nitrogen and oxygen atoms in total. The minimum absolute atomic E-state index is 0.0486. The van der Waals surface area contributed by atoms with E-state index in [0.29, 0.717) is 41.9 Å². The lowest BCUT2D eigenvalue weighted by atomic mass is 10.1. The molecular weight excluding hydrogens is 468 g/mol. The zero-order chi connectivity index (χ0) is 23.1. The van der Waals surface area contributed by atoms with E-state index in [2.05, 4.69) is 28.2 Å². The lowest BCUT2D eigenvalue weighted by Crippen LogP contribution is -2.41. The van der Waals surface area contributed by atoms with Crippen molar-refractivity contribution in [3.8, 4) is 0 Å². The molecule has 0 aliphatic rings. The lowest BCUT2D eigenvalue weighted by molar-refractivity contribution is 0.178. The average molecular weight is 499 g/mol. The fourth-order valence-corrected chi connectivity index (χ4v) is 4.28. The Morgan fingerprint density at radius 2 is 1.81 bits per heavy atom. The fraction of sp³-hybridized carbons (Fsp3) is 0.400. The van der Waals surface area contributed by atoms with Crippen LogP contribution in [0.4, 0.5) is 10.5 Å². The highest BCUT2D eigenvalue weighted by atomic mass is 79.9. The maximum Gasteiger partial charge on any atom is 0.322 e. The zero-order valence-electron chi connectivity index (χ0n) is 19.0. The molecular formula is C25H31BrN4O2. The number of fused-ring (bicyclic) bond motifs is 1. The van der Waals surface area contributed by atoms with E-state index in [1.807, 2.05) is 67.3 Å². The highest BCUT2D eigenvalue weighted by Gasteiger charge is 2.28. The van der Waals surface area contributed by atoms with Gasteiger partial charge in [-0.15, -0.1) is 0 Å². The summed E-state index contributed by atoms with van der Waals surface area (Å²) in [5, 5.41) is 3.64. The SMILES string of the molecule is CCCCN(C(=O)Nc1ccccc1Br)C(CC)c1nc2ccccc2c(=O)n1CCC. The summed E-state index contributed by atoms with van der Waals surface area (Å²) in [6.45, 7) is 7.33. The molecule has 1 heterocycles. The van der Waals surface area contributed by atoms with Gasteiger partial charge in [0.1, 0.15) is 5.82 Å². The van der Waals surface area contributed by atoms with Gasteiger partial charge in [0.15, 0.2) is 0 Å². The summed E-state index contributed by atoms with van der Waals surface area (Å²) in [6.07, 6.45) is 3.29. The van der Waals surface area contributed by atoms with Crippen LogP contribution < -0.4 is 10.9 Å². The first-order valence-corrected chi connectivity index (χ1v) is 12.1. The Balaban J connectivity index is 2.08. The number of urea groups is 1. The number of amides is 2. The van der Waals surface area contributed by atoms with Gasteiger partial charge in [0.2, 0.25) is 0 Å². The quantitative estimate of drug-likeness (QED) is 0.373. The Morgan fingerprint density at radius 3 is 2.50 bits per heavy atom. The van der Waals surface area contributed by atoms with E-state index >= 15 is 0 Å². The first-order valence-electron chi connectivity index (χ1n) is 11.3. The second kappa shape index (κ2) is 11.3. The van der Waals surface area contributed by atoms with Crippen molar-refractivity contribution in [2.45, 2.75) is 59.0 Å². The maximum atomic E-state index is 13.4. The molecule has 170 valence electrons. The molecule has 1 N–H and O–H groups in total. The van der Waals surface area contributed by atoms with Crippen molar-refractivity contribution >= 4 is 38.6 Å². The van der Waals surface area contributed by atoms with Crippen molar-refractivity contribution in [1.29, 1.82) is 0 Å². The van der Waals surface area contributed by atoms with E-state index in [1.54, 1.807) is 4.57 Å². The number of aromatic nitrogens is 2. The third-order valence-corrected chi connectivity index (χ3v) is 6.22. The highest BCUT2D eigenvalue weighted by Crippen LogP contribution is 2.27. The predicted molar refractivity (Wildman–Crippen MR) is 134 cm³/mol. The summed E-state index contributed by atoms with van der Waals surface area (Å²) < 4.78 is 2.57. The van der Waals surface area contributed by atoms with Gasteiger partial charge in [0, 0.05) is 17.6 Å². The molecule has 32 heavy (non-hydrogen) atoms. The van der Waals surface area contributed by atoms with E-state index in [4.69, 9.17) is 4.98 Å². The fourth-order valence-electron chi connectivity index (χ4n) is 3.90. The van der Waals surface area contributed by atoms with Gasteiger partial charge in [-0.05, 0) is 59.5 Å². The number of nitrogens with zero attached hydrogens (tertiary/aromatic N) is 3. The summed E-state index contributed by atoms with van der Waals surface area (Å²) >= 11 is 3.50. The van der Waals surface area contributed by atoms with Gasteiger partial charge in [-0.25, -0.2) is 9.78 Å². The molecule has 0 aliphatic heterocycles. The Bertz CT molecular complexity index is 1130. The van der Waals surface area contributed by atoms with Crippen LogP contribution in [0.5, 0.6) is 0 Å². The number of benzene rings is 2. The Hall–Kier alpha value is -2.67. The molecule has 1 atom stereocenters. The van der Waals surface area contributed by atoms with Crippen molar-refractivity contribution in [3.63, 3.8) is 0 Å². The molecule has 0 fully saturated rings. The number of rotatable bonds is 9. The van der Waals surface area contributed by atoms with Gasteiger partial charge in [0.05, 0.1) is 22.6 Å². The van der Waals surface area contributed by atoms with Crippen LogP contribution in [0.3, 0.4) is 0 Å². The van der Waals surface area contributed by atoms with Crippen molar-refractivity contribution in [3.05, 3.63) is 69.2 Å². The maximum absolute atomic E-state index is 13.4. The molecule has 3 aromatic rings. The Kier molecular flexibility index (Phi) is 8.45. The second-order valence-corrected chi connectivity index (χ2v) is 8.68. The van der Waals surface area contributed by atoms with Crippen molar-refractivity contribution in [2.24, 2.45) is 0 Å². The van der Waals surface area contributed by atoms with Gasteiger partial charge in [-0.2, -0.15) is 0 Å². The van der Waals surface area contributed by atoms with Crippen LogP contribution in [-0.2, 0) is 6.54 Å². The van der Waals surface area contributed by atoms with Crippen molar-refractivity contribution < 1.29 is 4.79 Å². The summed E-state index contributed by atoms with van der Waals surface area (Å²) in [7, 11) is 0. The van der Waals surface area contributed by atoms with Crippen LogP contribution in [0.1, 0.15) is 58.3 Å². The number of nitrogens with one attached hydrogen (secondary N) is 1. The molecule has 0 radical (unpaired) electrons. The molecule has 0 spiro atoms. The number of unbranched alkanes of at least 4 members (excludes halogenated alkanes) is 1. The molecule has 2 aromatic carbocycles. The minimum Gasteiger partial charge on any atom is -0.314 e. The number of anilines is 1. The molecule has 0 saturated heterocycles. The predicted octanol–water partition coefficient (Wildman–Crippen LogP) is 6.35. The standard InChI is InChI=1S/C25H31BrN4O2/c1-4-7-17-29(25(32)28-21-15-11-9-13-19(21)26)22(6-3)23-27-20-14-10-8-12-18(20)24(31)30(23)16-5-2/h8-15,22H,4-7,16-17H2,1-3H3,(H,28,32). The van der Waals surface area contributed by atoms with Crippen LogP contribution in [0, 0.1) is 0 Å². The first-order chi connectivity index (χ1) is 15.5. The van der Waals surface area contributed by atoms with Gasteiger partial charge in [0.25, 0.3) is 5.56 Å². The second-order valence-electron chi connectivity index (χ2n) is 7.82. The molecule has 1 unspecified atom stereocenters. The Labute approximate surface area is 197 Å². The number of para-hydroxylation sites is 2. The summed E-state index contributed by atoms with van der Waals surface area (Å²) in [5.41, 5.74) is 1.33. The topological polar surface area (TPSA) is 67.2 Å². The van der Waals surface area contributed by atoms with Gasteiger partial charge in [-0.3, -0.25) is 9.36 Å². The van der Waals surface area contributed by atoms with Crippen molar-refractivity contribution in [1.82, 2.24) is 14.5 Å². The monoisotopic (exact) mass is 498 g/mol. The van der Waals surface area contributed by atoms with Crippen LogP contribution in [0.2, 0.25) is 0 Å².